The molecule has 1 nitrogen and oxygen atoms in total. The SMILES string of the molecule is O=C(Cl)c1ccc(Cl)cc1Br. The number of benzene rings is 1. The Morgan fingerprint density at radius 3 is 2.55 bits per heavy atom. The van der Waals surface area contributed by atoms with Gasteiger partial charge in [0.15, 0.2) is 0 Å². The molecule has 0 aromatic heterocycles. The molecule has 58 valence electrons. The van der Waals surface area contributed by atoms with E-state index in [0.717, 1.165) is 0 Å². The van der Waals surface area contributed by atoms with Crippen molar-refractivity contribution < 1.29 is 4.79 Å². The predicted molar refractivity (Wildman–Crippen MR) is 49.3 cm³/mol. The van der Waals surface area contributed by atoms with Crippen LogP contribution >= 0.6 is 39.1 Å². The fourth-order valence-corrected chi connectivity index (χ4v) is 1.79. The number of carbonyl (C=O) groups excluding carboxylic acids is 1. The minimum absolute atomic E-state index is 0.427. The molecule has 11 heavy (non-hydrogen) atoms. The van der Waals surface area contributed by atoms with Crippen molar-refractivity contribution in [3.05, 3.63) is 33.3 Å². The van der Waals surface area contributed by atoms with Crippen LogP contribution in [0.25, 0.3) is 0 Å². The first-order valence-electron chi connectivity index (χ1n) is 2.76. The molecule has 0 saturated carbocycles. The topological polar surface area (TPSA) is 17.1 Å². The van der Waals surface area contributed by atoms with Gasteiger partial charge in [0, 0.05) is 15.1 Å². The van der Waals surface area contributed by atoms with Crippen LogP contribution in [0.3, 0.4) is 0 Å². The van der Waals surface area contributed by atoms with Gasteiger partial charge in [-0.15, -0.1) is 0 Å². The van der Waals surface area contributed by atoms with Crippen LogP contribution < -0.4 is 0 Å². The summed E-state index contributed by atoms with van der Waals surface area (Å²) >= 11 is 14.0. The molecule has 0 saturated heterocycles. The Labute approximate surface area is 82.4 Å². The predicted octanol–water partition coefficient (Wildman–Crippen LogP) is 3.48. The van der Waals surface area contributed by atoms with Crippen molar-refractivity contribution in [3.8, 4) is 0 Å². The van der Waals surface area contributed by atoms with Gasteiger partial charge < -0.3 is 0 Å². The average Bonchev–Trinajstić information content (AvgIpc) is 1.85. The Hall–Kier alpha value is -0.0500. The maximum atomic E-state index is 10.7. The molecule has 0 aliphatic carbocycles. The second-order valence-electron chi connectivity index (χ2n) is 1.90. The highest BCUT2D eigenvalue weighted by Crippen LogP contribution is 2.22. The minimum atomic E-state index is -0.492. The Kier molecular flexibility index (Phi) is 2.93. The Morgan fingerprint density at radius 2 is 2.09 bits per heavy atom. The molecule has 0 spiro atoms. The van der Waals surface area contributed by atoms with E-state index in [0.29, 0.717) is 15.1 Å². The van der Waals surface area contributed by atoms with Crippen LogP contribution in [0.5, 0.6) is 0 Å². The zero-order valence-corrected chi connectivity index (χ0v) is 8.37. The van der Waals surface area contributed by atoms with E-state index in [1.807, 2.05) is 0 Å². The summed E-state index contributed by atoms with van der Waals surface area (Å²) in [5.41, 5.74) is 0.427. The average molecular weight is 254 g/mol. The van der Waals surface area contributed by atoms with Gasteiger partial charge in [0.25, 0.3) is 5.24 Å². The van der Waals surface area contributed by atoms with Gasteiger partial charge in [-0.2, -0.15) is 0 Å². The molecule has 0 amide bonds. The largest absolute Gasteiger partial charge is 0.276 e. The van der Waals surface area contributed by atoms with Gasteiger partial charge in [-0.1, -0.05) is 11.6 Å². The Balaban J connectivity index is 3.20. The van der Waals surface area contributed by atoms with E-state index in [-0.39, 0.29) is 0 Å². The first-order valence-corrected chi connectivity index (χ1v) is 4.31. The highest BCUT2D eigenvalue weighted by Gasteiger charge is 2.06. The standard InChI is InChI=1S/C7H3BrCl2O/c8-6-3-4(9)1-2-5(6)7(10)11/h1-3H. The number of hydrogen-bond donors (Lipinski definition) is 0. The zero-order chi connectivity index (χ0) is 8.43. The smallest absolute Gasteiger partial charge is 0.253 e. The summed E-state index contributed by atoms with van der Waals surface area (Å²) in [4.78, 5) is 10.7. The van der Waals surface area contributed by atoms with E-state index in [1.54, 1.807) is 18.2 Å². The summed E-state index contributed by atoms with van der Waals surface area (Å²) in [5, 5.41) is 0.0760. The third kappa shape index (κ3) is 2.19. The molecular weight excluding hydrogens is 251 g/mol. The van der Waals surface area contributed by atoms with Gasteiger partial charge in [0.05, 0.1) is 0 Å². The summed E-state index contributed by atoms with van der Waals surface area (Å²) in [6.45, 7) is 0. The van der Waals surface area contributed by atoms with Crippen LogP contribution in [-0.2, 0) is 0 Å². The molecule has 0 aliphatic heterocycles. The molecule has 1 rings (SSSR count). The highest BCUT2D eigenvalue weighted by atomic mass is 79.9. The molecule has 1 aromatic carbocycles. The number of halogens is 3. The van der Waals surface area contributed by atoms with Crippen LogP contribution in [0.4, 0.5) is 0 Å². The Bertz CT molecular complexity index is 298. The molecule has 4 heteroatoms. The molecule has 1 aromatic rings. The molecule has 0 bridgehead atoms. The molecule has 0 N–H and O–H groups in total. The summed E-state index contributed by atoms with van der Waals surface area (Å²) in [7, 11) is 0. The summed E-state index contributed by atoms with van der Waals surface area (Å²) in [6.07, 6.45) is 0. The third-order valence-corrected chi connectivity index (χ3v) is 2.24. The van der Waals surface area contributed by atoms with Crippen molar-refractivity contribution in [1.29, 1.82) is 0 Å². The zero-order valence-electron chi connectivity index (χ0n) is 5.27. The van der Waals surface area contributed by atoms with Crippen molar-refractivity contribution in [3.63, 3.8) is 0 Å². The van der Waals surface area contributed by atoms with Gasteiger partial charge in [0.2, 0.25) is 0 Å². The van der Waals surface area contributed by atoms with E-state index < -0.39 is 5.24 Å². The van der Waals surface area contributed by atoms with E-state index in [9.17, 15) is 4.79 Å². The second-order valence-corrected chi connectivity index (χ2v) is 3.53. The van der Waals surface area contributed by atoms with Gasteiger partial charge in [-0.05, 0) is 45.7 Å². The maximum absolute atomic E-state index is 10.7. The van der Waals surface area contributed by atoms with Crippen LogP contribution in [0, 0.1) is 0 Å². The summed E-state index contributed by atoms with van der Waals surface area (Å²) in [5.74, 6) is 0. The fraction of sp³-hybridized carbons (Fsp3) is 0. The van der Waals surface area contributed by atoms with E-state index in [1.165, 1.54) is 0 Å². The molecule has 0 unspecified atom stereocenters. The number of carbonyl (C=O) groups is 1. The van der Waals surface area contributed by atoms with Crippen molar-refractivity contribution in [2.45, 2.75) is 0 Å². The minimum Gasteiger partial charge on any atom is -0.276 e. The van der Waals surface area contributed by atoms with Crippen molar-refractivity contribution in [1.82, 2.24) is 0 Å². The summed E-state index contributed by atoms with van der Waals surface area (Å²) in [6, 6.07) is 4.81. The monoisotopic (exact) mass is 252 g/mol. The van der Waals surface area contributed by atoms with E-state index in [4.69, 9.17) is 23.2 Å². The summed E-state index contributed by atoms with van der Waals surface area (Å²) < 4.78 is 0.616. The van der Waals surface area contributed by atoms with Gasteiger partial charge in [-0.25, -0.2) is 0 Å². The van der Waals surface area contributed by atoms with Crippen LogP contribution in [-0.4, -0.2) is 5.24 Å². The van der Waals surface area contributed by atoms with Crippen molar-refractivity contribution in [2.75, 3.05) is 0 Å². The molecular formula is C7H3BrCl2O. The molecule has 0 atom stereocenters. The lowest BCUT2D eigenvalue weighted by molar-refractivity contribution is 0.108. The fourth-order valence-electron chi connectivity index (χ4n) is 0.649. The molecule has 0 aliphatic rings. The number of rotatable bonds is 1. The third-order valence-electron chi connectivity index (χ3n) is 1.14. The second kappa shape index (κ2) is 3.57. The van der Waals surface area contributed by atoms with Gasteiger partial charge in [-0.3, -0.25) is 4.79 Å². The normalized spacial score (nSPS) is 9.73. The van der Waals surface area contributed by atoms with Crippen LogP contribution in [0.1, 0.15) is 10.4 Å². The van der Waals surface area contributed by atoms with Crippen molar-refractivity contribution in [2.24, 2.45) is 0 Å². The van der Waals surface area contributed by atoms with Crippen LogP contribution in [0.15, 0.2) is 22.7 Å². The lowest BCUT2D eigenvalue weighted by Gasteiger charge is -1.97. The first-order chi connectivity index (χ1) is 5.11. The van der Waals surface area contributed by atoms with Crippen molar-refractivity contribution >= 4 is 44.4 Å². The highest BCUT2D eigenvalue weighted by molar-refractivity contribution is 9.10. The van der Waals surface area contributed by atoms with Gasteiger partial charge in [0.1, 0.15) is 0 Å². The van der Waals surface area contributed by atoms with Gasteiger partial charge >= 0.3 is 0 Å². The first kappa shape index (κ1) is 9.04. The lowest BCUT2D eigenvalue weighted by Crippen LogP contribution is -1.89. The van der Waals surface area contributed by atoms with E-state index >= 15 is 0 Å². The quantitative estimate of drug-likeness (QED) is 0.701. The molecule has 0 heterocycles. The lowest BCUT2D eigenvalue weighted by atomic mass is 10.2. The van der Waals surface area contributed by atoms with E-state index in [2.05, 4.69) is 15.9 Å². The molecule has 0 fully saturated rings. The van der Waals surface area contributed by atoms with Crippen LogP contribution in [0.2, 0.25) is 5.02 Å². The Morgan fingerprint density at radius 1 is 1.45 bits per heavy atom. The maximum Gasteiger partial charge on any atom is 0.253 e. The molecule has 0 radical (unpaired) electrons. The number of hydrogen-bond acceptors (Lipinski definition) is 1.